The van der Waals surface area contributed by atoms with E-state index in [1.54, 1.807) is 17.0 Å². The molecule has 226 valence electrons. The number of para-hydroxylation sites is 1. The van der Waals surface area contributed by atoms with Crippen molar-refractivity contribution >= 4 is 23.5 Å². The van der Waals surface area contributed by atoms with Crippen molar-refractivity contribution in [2.24, 2.45) is 0 Å². The zero-order chi connectivity index (χ0) is 30.9. The van der Waals surface area contributed by atoms with E-state index in [1.807, 2.05) is 36.4 Å². The Labute approximate surface area is 254 Å². The van der Waals surface area contributed by atoms with Gasteiger partial charge in [0.25, 0.3) is 5.91 Å². The van der Waals surface area contributed by atoms with Crippen LogP contribution in [-0.2, 0) is 14.4 Å². The third kappa shape index (κ3) is 7.22. The molecule has 4 aromatic carbocycles. The van der Waals surface area contributed by atoms with Gasteiger partial charge >= 0.3 is 17.7 Å². The van der Waals surface area contributed by atoms with Crippen LogP contribution >= 0.6 is 0 Å². The van der Waals surface area contributed by atoms with Crippen molar-refractivity contribution in [3.05, 3.63) is 126 Å². The van der Waals surface area contributed by atoms with E-state index in [4.69, 9.17) is 9.47 Å². The molecule has 1 unspecified atom stereocenters. The summed E-state index contributed by atoms with van der Waals surface area (Å²) in [5.41, 5.74) is 2.45. The Morgan fingerprint density at radius 1 is 0.773 bits per heavy atom. The van der Waals surface area contributed by atoms with E-state index in [-0.39, 0.29) is 35.7 Å². The largest absolute Gasteiger partial charge is 0.484 e. The maximum absolute atomic E-state index is 15.2. The molecule has 1 fully saturated rings. The molecule has 1 aliphatic heterocycles. The summed E-state index contributed by atoms with van der Waals surface area (Å²) in [7, 11) is 0. The Balaban J connectivity index is 1.16. The number of amides is 2. The van der Waals surface area contributed by atoms with Crippen LogP contribution in [0.2, 0.25) is 0 Å². The number of anilines is 1. The fourth-order valence-corrected chi connectivity index (χ4v) is 5.06. The highest BCUT2D eigenvalue weighted by molar-refractivity contribution is 6.10. The number of halogens is 1. The number of ether oxygens (including phenoxy) is 2. The standard InChI is InChI=1S/C34H32FN3O6/c35-34(33(41)42,44-28-16-8-3-9-17-28)32(40)36-27-15-10-18-29(23-27)43-24-30(39)37-19-21-38(22-20-37)31(25-11-4-1-5-12-25)26-13-6-2-7-14-26/h1-18,23,31H,19-22,24H2,(H,36,40)(H,41,42). The van der Waals surface area contributed by atoms with Gasteiger partial charge in [-0.05, 0) is 35.4 Å². The van der Waals surface area contributed by atoms with E-state index in [0.29, 0.717) is 26.2 Å². The maximum Gasteiger partial charge on any atom is 0.425 e. The first kappa shape index (κ1) is 30.2. The third-order valence-electron chi connectivity index (χ3n) is 7.29. The SMILES string of the molecule is O=C(COc1cccc(NC(=O)C(F)(Oc2ccccc2)C(=O)O)c1)N1CCN(C(c2ccccc2)c2ccccc2)CC1. The summed E-state index contributed by atoms with van der Waals surface area (Å²) >= 11 is 0. The van der Waals surface area contributed by atoms with Gasteiger partial charge in [0, 0.05) is 37.9 Å². The van der Waals surface area contributed by atoms with Crippen molar-refractivity contribution in [1.82, 2.24) is 9.80 Å². The zero-order valence-corrected chi connectivity index (χ0v) is 23.8. The number of nitrogens with one attached hydrogen (secondary N) is 1. The fraction of sp³-hybridized carbons (Fsp3) is 0.206. The number of carboxylic acids is 1. The molecule has 1 aliphatic rings. The van der Waals surface area contributed by atoms with E-state index in [0.717, 1.165) is 0 Å². The lowest BCUT2D eigenvalue weighted by Gasteiger charge is -2.39. The summed E-state index contributed by atoms with van der Waals surface area (Å²) in [6, 6.07) is 33.9. The average Bonchev–Trinajstić information content (AvgIpc) is 3.05. The molecule has 9 nitrogen and oxygen atoms in total. The van der Waals surface area contributed by atoms with Crippen molar-refractivity contribution in [3.63, 3.8) is 0 Å². The topological polar surface area (TPSA) is 108 Å². The van der Waals surface area contributed by atoms with Crippen molar-refractivity contribution in [3.8, 4) is 11.5 Å². The third-order valence-corrected chi connectivity index (χ3v) is 7.29. The molecule has 2 N–H and O–H groups in total. The van der Waals surface area contributed by atoms with Crippen LogP contribution < -0.4 is 14.8 Å². The van der Waals surface area contributed by atoms with Crippen LogP contribution in [0, 0.1) is 0 Å². The summed E-state index contributed by atoms with van der Waals surface area (Å²) in [6.45, 7) is 2.19. The first-order valence-electron chi connectivity index (χ1n) is 14.2. The van der Waals surface area contributed by atoms with Crippen LogP contribution in [0.25, 0.3) is 0 Å². The molecule has 2 amide bonds. The highest BCUT2D eigenvalue weighted by Crippen LogP contribution is 2.30. The number of alkyl halides is 1. The van der Waals surface area contributed by atoms with E-state index >= 15 is 4.39 Å². The van der Waals surface area contributed by atoms with Crippen molar-refractivity contribution in [2.75, 3.05) is 38.1 Å². The first-order valence-corrected chi connectivity index (χ1v) is 14.2. The summed E-state index contributed by atoms with van der Waals surface area (Å²) in [5, 5.41) is 11.6. The van der Waals surface area contributed by atoms with Gasteiger partial charge in [0.2, 0.25) is 0 Å². The maximum atomic E-state index is 15.2. The van der Waals surface area contributed by atoms with Crippen LogP contribution in [0.15, 0.2) is 115 Å². The lowest BCUT2D eigenvalue weighted by Crippen LogP contribution is -2.51. The number of rotatable bonds is 11. The summed E-state index contributed by atoms with van der Waals surface area (Å²) in [5.74, 6) is -7.37. The van der Waals surface area contributed by atoms with Crippen LogP contribution in [0.1, 0.15) is 17.2 Å². The van der Waals surface area contributed by atoms with Crippen molar-refractivity contribution in [1.29, 1.82) is 0 Å². The van der Waals surface area contributed by atoms with Gasteiger partial charge < -0.3 is 24.8 Å². The number of hydrogen-bond acceptors (Lipinski definition) is 6. The predicted molar refractivity (Wildman–Crippen MR) is 162 cm³/mol. The Bertz CT molecular complexity index is 1530. The van der Waals surface area contributed by atoms with Crippen molar-refractivity contribution in [2.45, 2.75) is 11.9 Å². The summed E-state index contributed by atoms with van der Waals surface area (Å²) in [6.07, 6.45) is 0. The van der Waals surface area contributed by atoms with Crippen LogP contribution in [0.5, 0.6) is 11.5 Å². The summed E-state index contributed by atoms with van der Waals surface area (Å²) in [4.78, 5) is 41.4. The van der Waals surface area contributed by atoms with Gasteiger partial charge in [0.15, 0.2) is 6.61 Å². The van der Waals surface area contributed by atoms with Gasteiger partial charge in [-0.1, -0.05) is 84.9 Å². The molecule has 0 aromatic heterocycles. The second-order valence-electron chi connectivity index (χ2n) is 10.2. The molecule has 4 aromatic rings. The first-order chi connectivity index (χ1) is 21.3. The quantitative estimate of drug-likeness (QED) is 0.240. The monoisotopic (exact) mass is 597 g/mol. The number of benzene rings is 4. The number of carbonyl (C=O) groups excluding carboxylic acids is 2. The number of piperazine rings is 1. The molecule has 1 atom stereocenters. The van der Waals surface area contributed by atoms with Gasteiger partial charge in [-0.3, -0.25) is 14.5 Å². The number of nitrogens with zero attached hydrogens (tertiary/aromatic N) is 2. The van der Waals surface area contributed by atoms with Crippen LogP contribution in [0.4, 0.5) is 10.1 Å². The van der Waals surface area contributed by atoms with E-state index in [9.17, 15) is 19.5 Å². The molecule has 0 spiro atoms. The summed E-state index contributed by atoms with van der Waals surface area (Å²) < 4.78 is 25.8. The Hall–Kier alpha value is -5.22. The van der Waals surface area contributed by atoms with E-state index < -0.39 is 17.7 Å². The lowest BCUT2D eigenvalue weighted by molar-refractivity contribution is -0.178. The molecule has 1 saturated heterocycles. The van der Waals surface area contributed by atoms with Crippen LogP contribution in [-0.4, -0.2) is 71.3 Å². The molecule has 1 heterocycles. The Morgan fingerprint density at radius 2 is 1.32 bits per heavy atom. The highest BCUT2D eigenvalue weighted by Gasteiger charge is 2.50. The van der Waals surface area contributed by atoms with Gasteiger partial charge in [0.05, 0.1) is 6.04 Å². The molecule has 0 radical (unpaired) electrons. The number of carbonyl (C=O) groups is 3. The average molecular weight is 598 g/mol. The second kappa shape index (κ2) is 13.8. The van der Waals surface area contributed by atoms with Gasteiger partial charge in [-0.2, -0.15) is 4.39 Å². The highest BCUT2D eigenvalue weighted by atomic mass is 19.2. The van der Waals surface area contributed by atoms with E-state index in [1.165, 1.54) is 53.6 Å². The molecule has 10 heteroatoms. The lowest BCUT2D eigenvalue weighted by atomic mass is 9.96. The molecule has 0 bridgehead atoms. The van der Waals surface area contributed by atoms with Gasteiger partial charge in [0.1, 0.15) is 11.5 Å². The number of hydrogen-bond donors (Lipinski definition) is 2. The van der Waals surface area contributed by atoms with Crippen molar-refractivity contribution < 1.29 is 33.4 Å². The molecule has 0 aliphatic carbocycles. The number of aliphatic carboxylic acids is 1. The van der Waals surface area contributed by atoms with Crippen LogP contribution in [0.3, 0.4) is 0 Å². The normalized spacial score (nSPS) is 14.8. The smallest absolute Gasteiger partial charge is 0.425 e. The minimum absolute atomic E-state index is 0.0707. The van der Waals surface area contributed by atoms with E-state index in [2.05, 4.69) is 34.5 Å². The Morgan fingerprint density at radius 3 is 1.89 bits per heavy atom. The zero-order valence-electron chi connectivity index (χ0n) is 23.8. The molecular formula is C34H32FN3O6. The Kier molecular flexibility index (Phi) is 9.51. The van der Waals surface area contributed by atoms with Gasteiger partial charge in [-0.15, -0.1) is 0 Å². The second-order valence-corrected chi connectivity index (χ2v) is 10.2. The fourth-order valence-electron chi connectivity index (χ4n) is 5.06. The van der Waals surface area contributed by atoms with Gasteiger partial charge in [-0.25, -0.2) is 4.79 Å². The molecule has 44 heavy (non-hydrogen) atoms. The minimum atomic E-state index is -3.67. The molecular weight excluding hydrogens is 565 g/mol. The predicted octanol–water partition coefficient (Wildman–Crippen LogP) is 4.77. The number of carboxylic acid groups (broad SMARTS) is 1. The molecule has 5 rings (SSSR count). The molecule has 0 saturated carbocycles. The minimum Gasteiger partial charge on any atom is -0.484 e.